The van der Waals surface area contributed by atoms with Crippen molar-refractivity contribution in [1.29, 1.82) is 0 Å². The molecule has 1 aromatic carbocycles. The van der Waals surface area contributed by atoms with Crippen LogP contribution in [-0.4, -0.2) is 18.0 Å². The zero-order valence-electron chi connectivity index (χ0n) is 9.78. The monoisotopic (exact) mass is 213 g/mol. The first-order chi connectivity index (χ1) is 7.78. The number of hydrogen-bond donors (Lipinski definition) is 0. The highest BCUT2D eigenvalue weighted by molar-refractivity contribution is 5.47. The summed E-state index contributed by atoms with van der Waals surface area (Å²) < 4.78 is 0. The van der Waals surface area contributed by atoms with E-state index in [1.165, 1.54) is 16.7 Å². The Kier molecular flexibility index (Phi) is 3.58. The van der Waals surface area contributed by atoms with E-state index in [0.717, 1.165) is 32.5 Å². The van der Waals surface area contributed by atoms with Gasteiger partial charge in [0.2, 0.25) is 0 Å². The molecule has 0 atom stereocenters. The quantitative estimate of drug-likeness (QED) is 0.695. The van der Waals surface area contributed by atoms with Gasteiger partial charge in [0.05, 0.1) is 0 Å². The Morgan fingerprint density at radius 2 is 1.75 bits per heavy atom. The Morgan fingerprint density at radius 1 is 1.12 bits per heavy atom. The summed E-state index contributed by atoms with van der Waals surface area (Å²) in [6.07, 6.45) is 4.20. The van der Waals surface area contributed by atoms with Gasteiger partial charge < -0.3 is 0 Å². The minimum absolute atomic E-state index is 1.06. The van der Waals surface area contributed by atoms with Crippen LogP contribution in [-0.2, 0) is 6.54 Å². The number of piperidine rings is 1. The first-order valence-electron chi connectivity index (χ1n) is 5.88. The molecule has 1 heterocycles. The van der Waals surface area contributed by atoms with Gasteiger partial charge in [-0.25, -0.2) is 0 Å². The molecule has 0 unspecified atom stereocenters. The standard InChI is InChI=1S/C15H19N/c1-3-14-4-6-15(7-5-14)12-16-10-8-13(2)9-11-16/h3-7H,1-2,8-12H2. The van der Waals surface area contributed by atoms with Gasteiger partial charge in [-0.1, -0.05) is 49.1 Å². The molecule has 1 aliphatic heterocycles. The lowest BCUT2D eigenvalue weighted by molar-refractivity contribution is 0.248. The fourth-order valence-electron chi connectivity index (χ4n) is 2.04. The van der Waals surface area contributed by atoms with Gasteiger partial charge in [0, 0.05) is 19.6 Å². The minimum Gasteiger partial charge on any atom is -0.298 e. The first-order valence-corrected chi connectivity index (χ1v) is 5.88. The summed E-state index contributed by atoms with van der Waals surface area (Å²) in [5, 5.41) is 0. The zero-order valence-corrected chi connectivity index (χ0v) is 9.78. The normalized spacial score (nSPS) is 17.4. The Morgan fingerprint density at radius 3 is 2.31 bits per heavy atom. The molecule has 1 aliphatic rings. The summed E-state index contributed by atoms with van der Waals surface area (Å²) in [7, 11) is 0. The molecular weight excluding hydrogens is 194 g/mol. The van der Waals surface area contributed by atoms with E-state index in [4.69, 9.17) is 0 Å². The molecule has 1 fully saturated rings. The SMILES string of the molecule is C=Cc1ccc(CN2CCC(=C)CC2)cc1. The van der Waals surface area contributed by atoms with E-state index in [1.54, 1.807) is 0 Å². The Balaban J connectivity index is 1.93. The maximum Gasteiger partial charge on any atom is 0.0233 e. The van der Waals surface area contributed by atoms with Crippen molar-refractivity contribution in [2.24, 2.45) is 0 Å². The number of rotatable bonds is 3. The second-order valence-corrected chi connectivity index (χ2v) is 4.47. The predicted molar refractivity (Wildman–Crippen MR) is 70.2 cm³/mol. The van der Waals surface area contributed by atoms with Crippen molar-refractivity contribution in [3.05, 3.63) is 54.1 Å². The molecule has 84 valence electrons. The second kappa shape index (κ2) is 5.13. The average molecular weight is 213 g/mol. The predicted octanol–water partition coefficient (Wildman–Crippen LogP) is 3.48. The molecule has 0 amide bonds. The van der Waals surface area contributed by atoms with Gasteiger partial charge in [-0.2, -0.15) is 0 Å². The molecule has 0 N–H and O–H groups in total. The molecule has 1 nitrogen and oxygen atoms in total. The summed E-state index contributed by atoms with van der Waals surface area (Å²) in [6, 6.07) is 8.65. The third-order valence-corrected chi connectivity index (χ3v) is 3.18. The minimum atomic E-state index is 1.06. The van der Waals surface area contributed by atoms with Crippen molar-refractivity contribution in [3.8, 4) is 0 Å². The van der Waals surface area contributed by atoms with Crippen molar-refractivity contribution in [1.82, 2.24) is 4.90 Å². The molecule has 2 rings (SSSR count). The van der Waals surface area contributed by atoms with Crippen molar-refractivity contribution >= 4 is 6.08 Å². The lowest BCUT2D eigenvalue weighted by Gasteiger charge is -2.27. The van der Waals surface area contributed by atoms with Crippen molar-refractivity contribution in [3.63, 3.8) is 0 Å². The fourth-order valence-corrected chi connectivity index (χ4v) is 2.04. The second-order valence-electron chi connectivity index (χ2n) is 4.47. The van der Waals surface area contributed by atoms with Crippen molar-refractivity contribution in [2.75, 3.05) is 13.1 Å². The number of hydrogen-bond acceptors (Lipinski definition) is 1. The van der Waals surface area contributed by atoms with Crippen molar-refractivity contribution < 1.29 is 0 Å². The van der Waals surface area contributed by atoms with E-state index in [2.05, 4.69) is 42.3 Å². The maximum absolute atomic E-state index is 4.04. The first kappa shape index (κ1) is 11.2. The molecule has 16 heavy (non-hydrogen) atoms. The topological polar surface area (TPSA) is 3.24 Å². The Bertz CT molecular complexity index is 365. The molecule has 0 aliphatic carbocycles. The molecule has 1 heteroatoms. The molecular formula is C15H19N. The highest BCUT2D eigenvalue weighted by Crippen LogP contribution is 2.16. The van der Waals surface area contributed by atoms with Gasteiger partial charge >= 0.3 is 0 Å². The van der Waals surface area contributed by atoms with E-state index >= 15 is 0 Å². The molecule has 0 aromatic heterocycles. The molecule has 0 saturated carbocycles. The van der Waals surface area contributed by atoms with E-state index in [-0.39, 0.29) is 0 Å². The van der Waals surface area contributed by atoms with E-state index in [9.17, 15) is 0 Å². The molecule has 0 radical (unpaired) electrons. The summed E-state index contributed by atoms with van der Waals surface area (Å²) in [5.41, 5.74) is 3.98. The third-order valence-electron chi connectivity index (χ3n) is 3.18. The number of nitrogens with zero attached hydrogens (tertiary/aromatic N) is 1. The lowest BCUT2D eigenvalue weighted by Crippen LogP contribution is -2.29. The average Bonchev–Trinajstić information content (AvgIpc) is 2.33. The third kappa shape index (κ3) is 2.83. The summed E-state index contributed by atoms with van der Waals surface area (Å²) in [6.45, 7) is 11.2. The van der Waals surface area contributed by atoms with Gasteiger partial charge in [-0.05, 0) is 24.0 Å². The number of likely N-dealkylation sites (tertiary alicyclic amines) is 1. The van der Waals surface area contributed by atoms with E-state index in [0.29, 0.717) is 0 Å². The van der Waals surface area contributed by atoms with E-state index in [1.807, 2.05) is 6.08 Å². The smallest absolute Gasteiger partial charge is 0.0233 e. The fraction of sp³-hybridized carbons (Fsp3) is 0.333. The zero-order chi connectivity index (χ0) is 11.4. The Hall–Kier alpha value is -1.34. The van der Waals surface area contributed by atoms with Crippen LogP contribution in [0.5, 0.6) is 0 Å². The maximum atomic E-state index is 4.04. The largest absolute Gasteiger partial charge is 0.298 e. The highest BCUT2D eigenvalue weighted by atomic mass is 15.1. The molecule has 0 bridgehead atoms. The van der Waals surface area contributed by atoms with Crippen LogP contribution in [0.15, 0.2) is 43.0 Å². The Labute approximate surface area is 98.1 Å². The van der Waals surface area contributed by atoms with Crippen LogP contribution in [0.3, 0.4) is 0 Å². The van der Waals surface area contributed by atoms with Crippen LogP contribution in [0.4, 0.5) is 0 Å². The van der Waals surface area contributed by atoms with Gasteiger partial charge in [-0.3, -0.25) is 4.90 Å². The van der Waals surface area contributed by atoms with Crippen molar-refractivity contribution in [2.45, 2.75) is 19.4 Å². The summed E-state index contributed by atoms with van der Waals surface area (Å²) in [5.74, 6) is 0. The van der Waals surface area contributed by atoms with Crippen LogP contribution in [0.2, 0.25) is 0 Å². The van der Waals surface area contributed by atoms with Crippen LogP contribution in [0, 0.1) is 0 Å². The summed E-state index contributed by atoms with van der Waals surface area (Å²) >= 11 is 0. The van der Waals surface area contributed by atoms with Crippen LogP contribution < -0.4 is 0 Å². The van der Waals surface area contributed by atoms with Gasteiger partial charge in [0.1, 0.15) is 0 Å². The van der Waals surface area contributed by atoms with Crippen LogP contribution in [0.1, 0.15) is 24.0 Å². The van der Waals surface area contributed by atoms with Gasteiger partial charge in [0.15, 0.2) is 0 Å². The van der Waals surface area contributed by atoms with Crippen LogP contribution in [0.25, 0.3) is 6.08 Å². The van der Waals surface area contributed by atoms with Crippen LogP contribution >= 0.6 is 0 Å². The lowest BCUT2D eigenvalue weighted by atomic mass is 10.0. The number of benzene rings is 1. The molecule has 1 aromatic rings. The van der Waals surface area contributed by atoms with Gasteiger partial charge in [-0.15, -0.1) is 0 Å². The van der Waals surface area contributed by atoms with Gasteiger partial charge in [0.25, 0.3) is 0 Å². The van der Waals surface area contributed by atoms with E-state index < -0.39 is 0 Å². The summed E-state index contributed by atoms with van der Waals surface area (Å²) in [4.78, 5) is 2.50. The molecule has 1 saturated heterocycles. The highest BCUT2D eigenvalue weighted by Gasteiger charge is 2.12. The molecule has 0 spiro atoms.